The van der Waals surface area contributed by atoms with Crippen LogP contribution < -0.4 is 5.32 Å². The largest absolute Gasteiger partial charge is 0.341 e. The maximum atomic E-state index is 3.75. The molecular formula is C18H26N2. The van der Waals surface area contributed by atoms with Crippen LogP contribution >= 0.6 is 0 Å². The number of hydrogen-bond acceptors (Lipinski definition) is 1. The molecule has 1 heterocycles. The fraction of sp³-hybridized carbons (Fsp3) is 0.556. The van der Waals surface area contributed by atoms with E-state index in [1.54, 1.807) is 0 Å². The predicted molar refractivity (Wildman–Crippen MR) is 86.2 cm³/mol. The van der Waals surface area contributed by atoms with Gasteiger partial charge in [0.05, 0.1) is 0 Å². The van der Waals surface area contributed by atoms with Crippen LogP contribution in [0.5, 0.6) is 0 Å². The molecule has 0 saturated heterocycles. The predicted octanol–water partition coefficient (Wildman–Crippen LogP) is 4.56. The van der Waals surface area contributed by atoms with Crippen molar-refractivity contribution in [1.82, 2.24) is 9.88 Å². The van der Waals surface area contributed by atoms with Crippen LogP contribution in [0.4, 0.5) is 0 Å². The van der Waals surface area contributed by atoms with Gasteiger partial charge in [-0.1, -0.05) is 25.0 Å². The van der Waals surface area contributed by atoms with Crippen molar-refractivity contribution in [2.45, 2.75) is 65.1 Å². The van der Waals surface area contributed by atoms with Gasteiger partial charge in [-0.25, -0.2) is 0 Å². The first-order valence-corrected chi connectivity index (χ1v) is 7.99. The van der Waals surface area contributed by atoms with E-state index in [9.17, 15) is 0 Å². The van der Waals surface area contributed by atoms with Crippen molar-refractivity contribution in [2.24, 2.45) is 0 Å². The molecule has 0 radical (unpaired) electrons. The molecule has 2 aromatic rings. The second-order valence-electron chi connectivity index (χ2n) is 6.52. The van der Waals surface area contributed by atoms with Crippen molar-refractivity contribution >= 4 is 10.9 Å². The second-order valence-corrected chi connectivity index (χ2v) is 6.52. The smallest absolute Gasteiger partial charge is 0.0488 e. The maximum absolute atomic E-state index is 3.75. The molecule has 3 rings (SSSR count). The van der Waals surface area contributed by atoms with Crippen LogP contribution in [-0.2, 0) is 6.54 Å². The average Bonchev–Trinajstić information content (AvgIpc) is 3.02. The molecule has 1 saturated carbocycles. The van der Waals surface area contributed by atoms with Crippen molar-refractivity contribution < 1.29 is 0 Å². The first-order valence-electron chi connectivity index (χ1n) is 7.99. The Balaban J connectivity index is 1.90. The van der Waals surface area contributed by atoms with E-state index < -0.39 is 0 Å². The van der Waals surface area contributed by atoms with E-state index >= 15 is 0 Å². The quantitative estimate of drug-likeness (QED) is 0.861. The van der Waals surface area contributed by atoms with Crippen LogP contribution in [-0.4, -0.2) is 10.6 Å². The van der Waals surface area contributed by atoms with Gasteiger partial charge in [-0.15, -0.1) is 0 Å². The Bertz CT molecular complexity index is 589. The van der Waals surface area contributed by atoms with Gasteiger partial charge in [-0.2, -0.15) is 0 Å². The summed E-state index contributed by atoms with van der Waals surface area (Å²) in [5.41, 5.74) is 4.14. The van der Waals surface area contributed by atoms with Crippen LogP contribution in [0, 0.1) is 6.92 Å². The van der Waals surface area contributed by atoms with Crippen LogP contribution in [0.25, 0.3) is 10.9 Å². The molecule has 0 aliphatic heterocycles. The third-order valence-electron chi connectivity index (χ3n) is 4.52. The lowest BCUT2D eigenvalue weighted by Gasteiger charge is -2.17. The lowest BCUT2D eigenvalue weighted by atomic mass is 10.2. The molecule has 1 fully saturated rings. The summed E-state index contributed by atoms with van der Waals surface area (Å²) in [6, 6.07) is 10.4. The van der Waals surface area contributed by atoms with Gasteiger partial charge in [0.1, 0.15) is 0 Å². The molecule has 20 heavy (non-hydrogen) atoms. The molecule has 108 valence electrons. The van der Waals surface area contributed by atoms with Gasteiger partial charge >= 0.3 is 0 Å². The number of nitrogens with one attached hydrogen (secondary N) is 1. The zero-order chi connectivity index (χ0) is 14.1. The highest BCUT2D eigenvalue weighted by Crippen LogP contribution is 2.26. The standard InChI is InChI=1S/C18H26N2/c1-13(2)20-17(12-19-16-6-4-5-7-16)11-15-9-8-14(3)10-18(15)20/h8-11,13,16,19H,4-7,12H2,1-3H3. The molecule has 1 N–H and O–H groups in total. The zero-order valence-electron chi connectivity index (χ0n) is 12.9. The number of fused-ring (bicyclic) bond motifs is 1. The fourth-order valence-electron chi connectivity index (χ4n) is 3.51. The Morgan fingerprint density at radius 2 is 1.95 bits per heavy atom. The van der Waals surface area contributed by atoms with E-state index in [-0.39, 0.29) is 0 Å². The van der Waals surface area contributed by atoms with Crippen LogP contribution in [0.1, 0.15) is 56.8 Å². The Morgan fingerprint density at radius 1 is 1.20 bits per heavy atom. The minimum Gasteiger partial charge on any atom is -0.341 e. The molecule has 2 heteroatoms. The lowest BCUT2D eigenvalue weighted by Crippen LogP contribution is -2.26. The summed E-state index contributed by atoms with van der Waals surface area (Å²) < 4.78 is 2.49. The van der Waals surface area contributed by atoms with Crippen molar-refractivity contribution in [3.05, 3.63) is 35.5 Å². The third-order valence-corrected chi connectivity index (χ3v) is 4.52. The van der Waals surface area contributed by atoms with Crippen molar-refractivity contribution in [3.63, 3.8) is 0 Å². The number of hydrogen-bond donors (Lipinski definition) is 1. The molecule has 1 aromatic carbocycles. The summed E-state index contributed by atoms with van der Waals surface area (Å²) in [5, 5.41) is 5.12. The monoisotopic (exact) mass is 270 g/mol. The summed E-state index contributed by atoms with van der Waals surface area (Å²) in [7, 11) is 0. The average molecular weight is 270 g/mol. The highest BCUT2D eigenvalue weighted by molar-refractivity contribution is 5.82. The molecule has 1 aromatic heterocycles. The second kappa shape index (κ2) is 5.61. The molecule has 2 nitrogen and oxygen atoms in total. The van der Waals surface area contributed by atoms with Crippen LogP contribution in [0.2, 0.25) is 0 Å². The minimum atomic E-state index is 0.509. The highest BCUT2D eigenvalue weighted by Gasteiger charge is 2.16. The SMILES string of the molecule is Cc1ccc2cc(CNC3CCCC3)n(C(C)C)c2c1. The molecular weight excluding hydrogens is 244 g/mol. The van der Waals surface area contributed by atoms with Gasteiger partial charge in [0.2, 0.25) is 0 Å². The van der Waals surface area contributed by atoms with E-state index in [0.29, 0.717) is 6.04 Å². The summed E-state index contributed by atoms with van der Waals surface area (Å²) >= 11 is 0. The molecule has 0 atom stereocenters. The van der Waals surface area contributed by atoms with Gasteiger partial charge in [0, 0.05) is 29.8 Å². The third kappa shape index (κ3) is 2.62. The summed E-state index contributed by atoms with van der Waals surface area (Å²) in [5.74, 6) is 0. The Kier molecular flexibility index (Phi) is 3.84. The van der Waals surface area contributed by atoms with Crippen molar-refractivity contribution in [1.29, 1.82) is 0 Å². The first kappa shape index (κ1) is 13.7. The Morgan fingerprint density at radius 3 is 2.65 bits per heavy atom. The number of benzene rings is 1. The van der Waals surface area contributed by atoms with E-state index in [2.05, 4.69) is 54.9 Å². The molecule has 1 aliphatic rings. The summed E-state index contributed by atoms with van der Waals surface area (Å²) in [4.78, 5) is 0. The topological polar surface area (TPSA) is 17.0 Å². The molecule has 0 unspecified atom stereocenters. The van der Waals surface area contributed by atoms with E-state index in [1.807, 2.05) is 0 Å². The summed E-state index contributed by atoms with van der Waals surface area (Å²) in [6.07, 6.45) is 5.48. The number of aromatic nitrogens is 1. The summed E-state index contributed by atoms with van der Waals surface area (Å²) in [6.45, 7) is 7.73. The minimum absolute atomic E-state index is 0.509. The molecule has 0 amide bonds. The van der Waals surface area contributed by atoms with E-state index in [4.69, 9.17) is 0 Å². The molecule has 0 spiro atoms. The van der Waals surface area contributed by atoms with E-state index in [1.165, 1.54) is 47.8 Å². The van der Waals surface area contributed by atoms with Gasteiger partial charge in [0.25, 0.3) is 0 Å². The number of rotatable bonds is 4. The van der Waals surface area contributed by atoms with Crippen molar-refractivity contribution in [2.75, 3.05) is 0 Å². The van der Waals surface area contributed by atoms with Crippen LogP contribution in [0.3, 0.4) is 0 Å². The zero-order valence-corrected chi connectivity index (χ0v) is 12.9. The Labute approximate surface area is 122 Å². The highest BCUT2D eigenvalue weighted by atomic mass is 15.0. The fourth-order valence-corrected chi connectivity index (χ4v) is 3.51. The Hall–Kier alpha value is -1.28. The number of aryl methyl sites for hydroxylation is 1. The normalized spacial score (nSPS) is 16.6. The van der Waals surface area contributed by atoms with Gasteiger partial charge in [-0.05, 0) is 56.7 Å². The van der Waals surface area contributed by atoms with Crippen LogP contribution in [0.15, 0.2) is 24.3 Å². The van der Waals surface area contributed by atoms with E-state index in [0.717, 1.165) is 12.6 Å². The van der Waals surface area contributed by atoms with Gasteiger partial charge in [0.15, 0.2) is 0 Å². The molecule has 1 aliphatic carbocycles. The molecule has 0 bridgehead atoms. The number of nitrogens with zero attached hydrogens (tertiary/aromatic N) is 1. The van der Waals surface area contributed by atoms with Crippen molar-refractivity contribution in [3.8, 4) is 0 Å². The first-order chi connectivity index (χ1) is 9.65. The van der Waals surface area contributed by atoms with Gasteiger partial charge in [-0.3, -0.25) is 0 Å². The lowest BCUT2D eigenvalue weighted by molar-refractivity contribution is 0.497. The van der Waals surface area contributed by atoms with Gasteiger partial charge < -0.3 is 9.88 Å². The maximum Gasteiger partial charge on any atom is 0.0488 e.